The fraction of sp³-hybridized carbons (Fsp3) is 0.400. The van der Waals surface area contributed by atoms with E-state index < -0.39 is 0 Å². The monoisotopic (exact) mass is 278 g/mol. The number of aromatic nitrogens is 2. The highest BCUT2D eigenvalue weighted by atomic mass is 35.5. The summed E-state index contributed by atoms with van der Waals surface area (Å²) in [6.07, 6.45) is 0.745. The molecule has 0 aliphatic rings. The molecular weight excluding hydrogens is 260 g/mol. The Bertz CT molecular complexity index is 551. The zero-order valence-corrected chi connectivity index (χ0v) is 12.1. The molecule has 0 radical (unpaired) electrons. The smallest absolute Gasteiger partial charge is 0.0596 e. The maximum absolute atomic E-state index is 9.65. The molecule has 0 aliphatic carbocycles. The second-order valence-electron chi connectivity index (χ2n) is 4.70. The average Bonchev–Trinajstić information content (AvgIpc) is 2.77. The summed E-state index contributed by atoms with van der Waals surface area (Å²) in [7, 11) is 0. The van der Waals surface area contributed by atoms with Gasteiger partial charge in [-0.3, -0.25) is 4.68 Å². The number of aryl methyl sites for hydroxylation is 2. The molecule has 4 heteroatoms. The predicted octanol–water partition coefficient (Wildman–Crippen LogP) is 3.18. The summed E-state index contributed by atoms with van der Waals surface area (Å²) in [5.41, 5.74) is 3.14. The van der Waals surface area contributed by atoms with E-state index in [9.17, 15) is 5.11 Å². The van der Waals surface area contributed by atoms with Crippen molar-refractivity contribution in [2.45, 2.75) is 32.7 Å². The molecule has 0 saturated carbocycles. The number of hydrogen-bond donors (Lipinski definition) is 1. The molecule has 2 aromatic rings. The summed E-state index contributed by atoms with van der Waals surface area (Å²) in [4.78, 5) is 0. The van der Waals surface area contributed by atoms with Crippen LogP contribution in [-0.4, -0.2) is 21.5 Å². The van der Waals surface area contributed by atoms with Crippen molar-refractivity contribution >= 4 is 11.6 Å². The van der Waals surface area contributed by atoms with Crippen molar-refractivity contribution in [2.75, 3.05) is 6.61 Å². The van der Waals surface area contributed by atoms with E-state index >= 15 is 0 Å². The van der Waals surface area contributed by atoms with Crippen LogP contribution in [0, 0.1) is 6.92 Å². The molecule has 1 atom stereocenters. The van der Waals surface area contributed by atoms with Gasteiger partial charge < -0.3 is 5.11 Å². The number of benzene rings is 1. The summed E-state index contributed by atoms with van der Waals surface area (Å²) < 4.78 is 1.98. The molecule has 0 fully saturated rings. The van der Waals surface area contributed by atoms with Gasteiger partial charge in [0.2, 0.25) is 0 Å². The van der Waals surface area contributed by atoms with Crippen molar-refractivity contribution in [1.29, 1.82) is 0 Å². The lowest BCUT2D eigenvalue weighted by molar-refractivity contribution is 0.262. The van der Waals surface area contributed by atoms with Crippen LogP contribution in [-0.2, 0) is 13.0 Å². The van der Waals surface area contributed by atoms with E-state index in [2.05, 4.69) is 18.1 Å². The van der Waals surface area contributed by atoms with Crippen LogP contribution in [0.4, 0.5) is 0 Å². The van der Waals surface area contributed by atoms with Crippen LogP contribution in [0.1, 0.15) is 29.8 Å². The minimum atomic E-state index is 0.00935. The van der Waals surface area contributed by atoms with E-state index in [4.69, 9.17) is 11.6 Å². The molecule has 3 nitrogen and oxygen atoms in total. The second kappa shape index (κ2) is 6.22. The first-order valence-electron chi connectivity index (χ1n) is 6.54. The van der Waals surface area contributed by atoms with Gasteiger partial charge in [0.25, 0.3) is 0 Å². The average molecular weight is 279 g/mol. The van der Waals surface area contributed by atoms with E-state index in [1.54, 1.807) is 0 Å². The Hall–Kier alpha value is -1.32. The van der Waals surface area contributed by atoms with Crippen LogP contribution < -0.4 is 0 Å². The summed E-state index contributed by atoms with van der Waals surface area (Å²) in [5, 5.41) is 14.8. The highest BCUT2D eigenvalue weighted by molar-refractivity contribution is 6.31. The van der Waals surface area contributed by atoms with Gasteiger partial charge in [-0.2, -0.15) is 5.10 Å². The van der Waals surface area contributed by atoms with E-state index in [1.165, 1.54) is 0 Å². The highest BCUT2D eigenvalue weighted by Gasteiger charge is 2.17. The molecule has 102 valence electrons. The number of aliphatic hydroxyl groups is 1. The van der Waals surface area contributed by atoms with Crippen molar-refractivity contribution in [3.63, 3.8) is 0 Å². The molecule has 19 heavy (non-hydrogen) atoms. The molecule has 0 amide bonds. The van der Waals surface area contributed by atoms with Gasteiger partial charge in [0.05, 0.1) is 12.3 Å². The van der Waals surface area contributed by atoms with Crippen molar-refractivity contribution in [3.8, 4) is 0 Å². The van der Waals surface area contributed by atoms with Gasteiger partial charge in [-0.25, -0.2) is 0 Å². The summed E-state index contributed by atoms with van der Waals surface area (Å²) >= 11 is 6.21. The van der Waals surface area contributed by atoms with Crippen LogP contribution in [0.15, 0.2) is 30.3 Å². The molecule has 1 aromatic carbocycles. The zero-order valence-electron chi connectivity index (χ0n) is 11.3. The topological polar surface area (TPSA) is 38.0 Å². The van der Waals surface area contributed by atoms with E-state index in [0.29, 0.717) is 5.02 Å². The van der Waals surface area contributed by atoms with Crippen LogP contribution in [0.5, 0.6) is 0 Å². The third-order valence-corrected chi connectivity index (χ3v) is 3.65. The van der Waals surface area contributed by atoms with Gasteiger partial charge in [0.1, 0.15) is 0 Å². The Labute approximate surface area is 118 Å². The van der Waals surface area contributed by atoms with Gasteiger partial charge in [-0.1, -0.05) is 29.8 Å². The van der Waals surface area contributed by atoms with Crippen molar-refractivity contribution in [1.82, 2.24) is 9.78 Å². The molecule has 2 rings (SSSR count). The Kier molecular flexibility index (Phi) is 4.61. The predicted molar refractivity (Wildman–Crippen MR) is 77.6 cm³/mol. The van der Waals surface area contributed by atoms with E-state index in [-0.39, 0.29) is 12.5 Å². The third kappa shape index (κ3) is 3.17. The Balaban J connectivity index is 2.26. The normalized spacial score (nSPS) is 12.6. The third-order valence-electron chi connectivity index (χ3n) is 3.31. The van der Waals surface area contributed by atoms with Crippen molar-refractivity contribution < 1.29 is 5.11 Å². The lowest BCUT2D eigenvalue weighted by Crippen LogP contribution is -2.12. The van der Waals surface area contributed by atoms with Crippen molar-refractivity contribution in [2.24, 2.45) is 0 Å². The Morgan fingerprint density at radius 2 is 2.11 bits per heavy atom. The number of aliphatic hydroxyl groups excluding tert-OH is 1. The van der Waals surface area contributed by atoms with Gasteiger partial charge in [0.15, 0.2) is 0 Å². The lowest BCUT2D eigenvalue weighted by Gasteiger charge is -2.16. The fourth-order valence-electron chi connectivity index (χ4n) is 2.37. The van der Waals surface area contributed by atoms with Crippen LogP contribution in [0.3, 0.4) is 0 Å². The molecule has 0 bridgehead atoms. The van der Waals surface area contributed by atoms with Gasteiger partial charge >= 0.3 is 0 Å². The maximum atomic E-state index is 9.65. The van der Waals surface area contributed by atoms with E-state index in [1.807, 2.05) is 35.9 Å². The van der Waals surface area contributed by atoms with Gasteiger partial charge in [-0.05, 0) is 38.0 Å². The van der Waals surface area contributed by atoms with Gasteiger partial charge in [0, 0.05) is 23.2 Å². The molecule has 1 N–H and O–H groups in total. The lowest BCUT2D eigenvalue weighted by atomic mass is 9.95. The second-order valence-corrected chi connectivity index (χ2v) is 5.11. The molecule has 0 spiro atoms. The largest absolute Gasteiger partial charge is 0.396 e. The minimum Gasteiger partial charge on any atom is -0.396 e. The summed E-state index contributed by atoms with van der Waals surface area (Å²) in [5.74, 6) is 0.00935. The van der Waals surface area contributed by atoms with Gasteiger partial charge in [-0.15, -0.1) is 0 Å². The summed E-state index contributed by atoms with van der Waals surface area (Å²) in [6, 6.07) is 9.76. The number of nitrogens with zero attached hydrogens (tertiary/aromatic N) is 2. The standard InChI is InChI=1S/C15H19ClN2O/c1-3-18-13(8-11(2)17-18)9-12(10-19)14-6-4-5-7-15(14)16/h4-8,12,19H,3,9-10H2,1-2H3. The summed E-state index contributed by atoms with van der Waals surface area (Å²) in [6.45, 7) is 4.97. The molecule has 1 aromatic heterocycles. The molecule has 0 saturated heterocycles. The quantitative estimate of drug-likeness (QED) is 0.912. The fourth-order valence-corrected chi connectivity index (χ4v) is 2.66. The maximum Gasteiger partial charge on any atom is 0.0596 e. The first-order chi connectivity index (χ1) is 9.15. The van der Waals surface area contributed by atoms with Crippen LogP contribution in [0.2, 0.25) is 5.02 Å². The Morgan fingerprint density at radius 3 is 2.74 bits per heavy atom. The molecular formula is C15H19ClN2O. The molecule has 0 aliphatic heterocycles. The number of rotatable bonds is 5. The first kappa shape index (κ1) is 14.1. The van der Waals surface area contributed by atoms with E-state index in [0.717, 1.165) is 29.9 Å². The first-order valence-corrected chi connectivity index (χ1v) is 6.92. The highest BCUT2D eigenvalue weighted by Crippen LogP contribution is 2.27. The Morgan fingerprint density at radius 1 is 1.37 bits per heavy atom. The SMILES string of the molecule is CCn1nc(C)cc1CC(CO)c1ccccc1Cl. The van der Waals surface area contributed by atoms with Crippen LogP contribution in [0.25, 0.3) is 0 Å². The molecule has 1 unspecified atom stereocenters. The molecule has 1 heterocycles. The van der Waals surface area contributed by atoms with Crippen LogP contribution >= 0.6 is 11.6 Å². The zero-order chi connectivity index (χ0) is 13.8. The minimum absolute atomic E-state index is 0.00935. The number of halogens is 1. The number of hydrogen-bond acceptors (Lipinski definition) is 2. The van der Waals surface area contributed by atoms with Crippen molar-refractivity contribution in [3.05, 3.63) is 52.3 Å².